The largest absolute Gasteiger partial charge is 0.383 e. The minimum Gasteiger partial charge on any atom is -0.383 e. The Labute approximate surface area is 131 Å². The number of nitrogens with zero attached hydrogens (tertiary/aromatic N) is 2. The average molecular weight is 315 g/mol. The number of hydrogen-bond acceptors (Lipinski definition) is 4. The summed E-state index contributed by atoms with van der Waals surface area (Å²) >= 11 is 5.85. The van der Waals surface area contributed by atoms with Gasteiger partial charge in [0.15, 0.2) is 0 Å². The van der Waals surface area contributed by atoms with E-state index in [1.54, 1.807) is 19.2 Å². The van der Waals surface area contributed by atoms with Crippen molar-refractivity contribution in [2.75, 3.05) is 20.3 Å². The summed E-state index contributed by atoms with van der Waals surface area (Å²) in [6.45, 7) is 6.41. The number of benzene rings is 1. The molecule has 0 aromatic heterocycles. The molecule has 21 heavy (non-hydrogen) atoms. The zero-order valence-electron chi connectivity index (χ0n) is 12.8. The van der Waals surface area contributed by atoms with Gasteiger partial charge in [-0.1, -0.05) is 31.5 Å². The van der Waals surface area contributed by atoms with E-state index in [-0.39, 0.29) is 10.7 Å². The van der Waals surface area contributed by atoms with E-state index in [1.807, 2.05) is 6.07 Å². The Balaban J connectivity index is 2.91. The summed E-state index contributed by atoms with van der Waals surface area (Å²) in [5.74, 6) is 0. The zero-order chi connectivity index (χ0) is 15.8. The van der Waals surface area contributed by atoms with Crippen LogP contribution < -0.4 is 0 Å². The second kappa shape index (κ2) is 8.97. The molecule has 0 unspecified atom stereocenters. The van der Waals surface area contributed by atoms with Crippen molar-refractivity contribution < 1.29 is 9.66 Å². The molecule has 1 aromatic rings. The van der Waals surface area contributed by atoms with Crippen LogP contribution in [-0.4, -0.2) is 36.1 Å². The first kappa shape index (κ1) is 17.9. The molecular weight excluding hydrogens is 292 g/mol. The lowest BCUT2D eigenvalue weighted by Crippen LogP contribution is -2.36. The Bertz CT molecular complexity index is 464. The average Bonchev–Trinajstić information content (AvgIpc) is 2.47. The molecule has 0 saturated heterocycles. The third kappa shape index (κ3) is 5.26. The molecule has 0 heterocycles. The first-order valence-electron chi connectivity index (χ1n) is 7.19. The highest BCUT2D eigenvalue weighted by Crippen LogP contribution is 2.26. The quantitative estimate of drug-likeness (QED) is 0.512. The second-order valence-corrected chi connectivity index (χ2v) is 5.38. The lowest BCUT2D eigenvalue weighted by Gasteiger charge is -2.30. The van der Waals surface area contributed by atoms with Crippen molar-refractivity contribution in [2.45, 2.75) is 39.3 Å². The van der Waals surface area contributed by atoms with Gasteiger partial charge in [0.25, 0.3) is 5.69 Å². The van der Waals surface area contributed by atoms with Crippen LogP contribution in [0.5, 0.6) is 0 Å². The highest BCUT2D eigenvalue weighted by atomic mass is 35.5. The fourth-order valence-electron chi connectivity index (χ4n) is 2.44. The van der Waals surface area contributed by atoms with Gasteiger partial charge in [0, 0.05) is 32.3 Å². The number of halogens is 1. The number of hydrogen-bond donors (Lipinski definition) is 0. The Morgan fingerprint density at radius 2 is 2.05 bits per heavy atom. The smallest absolute Gasteiger partial charge is 0.288 e. The summed E-state index contributed by atoms with van der Waals surface area (Å²) < 4.78 is 5.16. The van der Waals surface area contributed by atoms with Gasteiger partial charge in [0.1, 0.15) is 5.02 Å². The molecule has 0 amide bonds. The van der Waals surface area contributed by atoms with Gasteiger partial charge in [-0.05, 0) is 24.5 Å². The van der Waals surface area contributed by atoms with Crippen molar-refractivity contribution in [3.05, 3.63) is 38.9 Å². The molecule has 6 heteroatoms. The molecule has 118 valence electrons. The molecular formula is C15H23ClN2O3. The fourth-order valence-corrected chi connectivity index (χ4v) is 2.62. The van der Waals surface area contributed by atoms with E-state index in [1.165, 1.54) is 0 Å². The number of rotatable bonds is 9. The van der Waals surface area contributed by atoms with Gasteiger partial charge in [-0.15, -0.1) is 0 Å². The Hall–Kier alpha value is -1.17. The highest BCUT2D eigenvalue weighted by Gasteiger charge is 2.18. The topological polar surface area (TPSA) is 55.6 Å². The van der Waals surface area contributed by atoms with Gasteiger partial charge < -0.3 is 4.74 Å². The molecule has 0 fully saturated rings. The van der Waals surface area contributed by atoms with E-state index in [0.717, 1.165) is 24.9 Å². The van der Waals surface area contributed by atoms with E-state index in [9.17, 15) is 10.1 Å². The minimum atomic E-state index is -0.442. The highest BCUT2D eigenvalue weighted by molar-refractivity contribution is 6.32. The van der Waals surface area contributed by atoms with Crippen LogP contribution in [0.15, 0.2) is 18.2 Å². The van der Waals surface area contributed by atoms with Crippen LogP contribution in [0.25, 0.3) is 0 Å². The molecule has 0 radical (unpaired) electrons. The van der Waals surface area contributed by atoms with Crippen molar-refractivity contribution in [3.8, 4) is 0 Å². The minimum absolute atomic E-state index is 0.0367. The van der Waals surface area contributed by atoms with Crippen molar-refractivity contribution in [1.82, 2.24) is 4.90 Å². The van der Waals surface area contributed by atoms with Crippen molar-refractivity contribution in [1.29, 1.82) is 0 Å². The van der Waals surface area contributed by atoms with Gasteiger partial charge in [0.05, 0.1) is 11.5 Å². The van der Waals surface area contributed by atoms with Gasteiger partial charge in [-0.3, -0.25) is 15.0 Å². The molecule has 5 nitrogen and oxygen atoms in total. The van der Waals surface area contributed by atoms with Crippen molar-refractivity contribution >= 4 is 17.3 Å². The normalized spacial score (nSPS) is 11.3. The third-order valence-corrected chi connectivity index (χ3v) is 3.95. The fraction of sp³-hybridized carbons (Fsp3) is 0.600. The Kier molecular flexibility index (Phi) is 7.64. The van der Waals surface area contributed by atoms with E-state index in [4.69, 9.17) is 16.3 Å². The zero-order valence-corrected chi connectivity index (χ0v) is 13.6. The standard InChI is InChI=1S/C15H23ClN2O3/c1-4-13(5-2)17(8-9-21-3)11-12-6-7-14(16)15(10-12)18(19)20/h6-7,10,13H,4-5,8-9,11H2,1-3H3. The first-order chi connectivity index (χ1) is 10.0. The molecule has 0 saturated carbocycles. The van der Waals surface area contributed by atoms with Crippen LogP contribution in [0.4, 0.5) is 5.69 Å². The van der Waals surface area contributed by atoms with Crippen molar-refractivity contribution in [3.63, 3.8) is 0 Å². The lowest BCUT2D eigenvalue weighted by molar-refractivity contribution is -0.384. The maximum Gasteiger partial charge on any atom is 0.288 e. The summed E-state index contributed by atoms with van der Waals surface area (Å²) in [5, 5.41) is 11.1. The molecule has 0 N–H and O–H groups in total. The maximum atomic E-state index is 11.0. The Morgan fingerprint density at radius 1 is 1.38 bits per heavy atom. The Morgan fingerprint density at radius 3 is 2.57 bits per heavy atom. The van der Waals surface area contributed by atoms with Crippen LogP contribution in [-0.2, 0) is 11.3 Å². The van der Waals surface area contributed by atoms with Crippen molar-refractivity contribution in [2.24, 2.45) is 0 Å². The molecule has 0 aliphatic carbocycles. The van der Waals surface area contributed by atoms with E-state index in [0.29, 0.717) is 19.2 Å². The van der Waals surface area contributed by atoms with Gasteiger partial charge in [-0.2, -0.15) is 0 Å². The van der Waals surface area contributed by atoms with E-state index >= 15 is 0 Å². The maximum absolute atomic E-state index is 11.0. The number of ether oxygens (including phenoxy) is 1. The van der Waals surface area contributed by atoms with Gasteiger partial charge >= 0.3 is 0 Å². The molecule has 0 spiro atoms. The second-order valence-electron chi connectivity index (χ2n) is 4.98. The summed E-state index contributed by atoms with van der Waals surface area (Å²) in [5.41, 5.74) is 0.861. The van der Waals surface area contributed by atoms with E-state index in [2.05, 4.69) is 18.7 Å². The molecule has 0 bridgehead atoms. The predicted molar refractivity (Wildman–Crippen MR) is 84.8 cm³/mol. The van der Waals surface area contributed by atoms with Gasteiger partial charge in [0.2, 0.25) is 0 Å². The molecule has 0 atom stereocenters. The van der Waals surface area contributed by atoms with Crippen LogP contribution >= 0.6 is 11.6 Å². The SMILES string of the molecule is CCC(CC)N(CCOC)Cc1ccc(Cl)c([N+](=O)[O-])c1. The van der Waals surface area contributed by atoms with Gasteiger partial charge in [-0.25, -0.2) is 0 Å². The number of nitro benzene ring substituents is 1. The predicted octanol–water partition coefficient (Wildman–Crippen LogP) is 3.89. The summed E-state index contributed by atoms with van der Waals surface area (Å²) in [7, 11) is 1.68. The number of methoxy groups -OCH3 is 1. The molecule has 1 rings (SSSR count). The summed E-state index contributed by atoms with van der Waals surface area (Å²) in [6, 6.07) is 5.44. The van der Waals surface area contributed by atoms with E-state index < -0.39 is 4.92 Å². The first-order valence-corrected chi connectivity index (χ1v) is 7.57. The monoisotopic (exact) mass is 314 g/mol. The van der Waals surface area contributed by atoms with Crippen LogP contribution in [0.2, 0.25) is 5.02 Å². The summed E-state index contributed by atoms with van der Waals surface area (Å²) in [4.78, 5) is 12.8. The lowest BCUT2D eigenvalue weighted by atomic mass is 10.1. The van der Waals surface area contributed by atoms with Crippen LogP contribution in [0.3, 0.4) is 0 Å². The molecule has 0 aliphatic heterocycles. The summed E-state index contributed by atoms with van der Waals surface area (Å²) in [6.07, 6.45) is 2.08. The van der Waals surface area contributed by atoms with Crippen LogP contribution in [0, 0.1) is 10.1 Å². The molecule has 1 aromatic carbocycles. The van der Waals surface area contributed by atoms with Crippen LogP contribution in [0.1, 0.15) is 32.3 Å². The third-order valence-electron chi connectivity index (χ3n) is 3.63. The molecule has 0 aliphatic rings. The number of nitro groups is 1.